The number of aliphatic hydroxyl groups is 1. The van der Waals surface area contributed by atoms with Gasteiger partial charge in [0.25, 0.3) is 0 Å². The van der Waals surface area contributed by atoms with Gasteiger partial charge < -0.3 is 15.0 Å². The normalized spacial score (nSPS) is 22.8. The van der Waals surface area contributed by atoms with E-state index in [1.54, 1.807) is 12.4 Å². The molecule has 0 spiro atoms. The van der Waals surface area contributed by atoms with Crippen molar-refractivity contribution in [1.82, 2.24) is 14.9 Å². The van der Waals surface area contributed by atoms with Crippen molar-refractivity contribution in [2.24, 2.45) is 0 Å². The van der Waals surface area contributed by atoms with E-state index in [-0.39, 0.29) is 12.1 Å². The van der Waals surface area contributed by atoms with Crippen LogP contribution < -0.4 is 5.32 Å². The van der Waals surface area contributed by atoms with E-state index in [1.807, 2.05) is 6.07 Å². The van der Waals surface area contributed by atoms with Crippen LogP contribution in [0, 0.1) is 0 Å². The second-order valence-electron chi connectivity index (χ2n) is 5.58. The Morgan fingerprint density at radius 2 is 2.24 bits per heavy atom. The predicted octanol–water partition coefficient (Wildman–Crippen LogP) is 3.24. The zero-order valence-electron chi connectivity index (χ0n) is 11.7. The van der Waals surface area contributed by atoms with Gasteiger partial charge in [-0.15, -0.1) is 0 Å². The van der Waals surface area contributed by atoms with E-state index in [1.165, 1.54) is 0 Å². The molecule has 1 aromatic carbocycles. The summed E-state index contributed by atoms with van der Waals surface area (Å²) in [6, 6.07) is 3.97. The number of rotatable bonds is 4. The largest absolute Gasteiger partial charge is 0.392 e. The molecule has 2 N–H and O–H groups in total. The smallest absolute Gasteiger partial charge is 0.109 e. The summed E-state index contributed by atoms with van der Waals surface area (Å²) < 4.78 is 2.09. The van der Waals surface area contributed by atoms with Crippen molar-refractivity contribution in [1.29, 1.82) is 0 Å². The fourth-order valence-corrected chi connectivity index (χ4v) is 3.33. The number of piperidine rings is 1. The van der Waals surface area contributed by atoms with E-state index in [0.29, 0.717) is 10.0 Å². The number of nitrogens with one attached hydrogen (secondary N) is 1. The quantitative estimate of drug-likeness (QED) is 0.906. The number of fused-ring (bicyclic) bond motifs is 1. The van der Waals surface area contributed by atoms with Crippen molar-refractivity contribution >= 4 is 34.2 Å². The standard InChI is InChI=1S/C15H19Cl2N3O/c16-10-5-6-12-15(14(10)17)19-9-20(12)8-2-3-11-13(21)4-1-7-18-11/h5-6,9,11,13,18,21H,1-4,7-8H2. The third-order valence-electron chi connectivity index (χ3n) is 4.15. The van der Waals surface area contributed by atoms with Crippen LogP contribution in [0.15, 0.2) is 18.5 Å². The molecule has 0 aliphatic carbocycles. The molecule has 0 saturated carbocycles. The van der Waals surface area contributed by atoms with Gasteiger partial charge in [0.2, 0.25) is 0 Å². The topological polar surface area (TPSA) is 50.1 Å². The molecule has 1 aliphatic heterocycles. The lowest BCUT2D eigenvalue weighted by Gasteiger charge is -2.29. The number of aliphatic hydroxyl groups excluding tert-OH is 1. The Morgan fingerprint density at radius 3 is 3.05 bits per heavy atom. The molecule has 21 heavy (non-hydrogen) atoms. The summed E-state index contributed by atoms with van der Waals surface area (Å²) in [5.74, 6) is 0. The van der Waals surface area contributed by atoms with Crippen LogP contribution in [-0.2, 0) is 6.54 Å². The van der Waals surface area contributed by atoms with Gasteiger partial charge in [-0.05, 0) is 44.4 Å². The third kappa shape index (κ3) is 3.19. The second kappa shape index (κ2) is 6.53. The monoisotopic (exact) mass is 327 g/mol. The second-order valence-corrected chi connectivity index (χ2v) is 6.36. The fourth-order valence-electron chi connectivity index (χ4n) is 2.96. The molecule has 0 bridgehead atoms. The van der Waals surface area contributed by atoms with Crippen LogP contribution in [0.25, 0.3) is 11.0 Å². The molecule has 4 nitrogen and oxygen atoms in total. The maximum atomic E-state index is 9.95. The van der Waals surface area contributed by atoms with Gasteiger partial charge in [0.15, 0.2) is 0 Å². The molecule has 0 radical (unpaired) electrons. The molecule has 1 aromatic heterocycles. The highest BCUT2D eigenvalue weighted by molar-refractivity contribution is 6.44. The number of nitrogens with zero attached hydrogens (tertiary/aromatic N) is 2. The van der Waals surface area contributed by atoms with Gasteiger partial charge in [-0.25, -0.2) is 4.98 Å². The van der Waals surface area contributed by atoms with E-state index < -0.39 is 0 Å². The minimum absolute atomic E-state index is 0.214. The van der Waals surface area contributed by atoms with E-state index in [4.69, 9.17) is 23.2 Å². The highest BCUT2D eigenvalue weighted by atomic mass is 35.5. The van der Waals surface area contributed by atoms with Gasteiger partial charge in [0.05, 0.1) is 28.0 Å². The van der Waals surface area contributed by atoms with Gasteiger partial charge >= 0.3 is 0 Å². The maximum Gasteiger partial charge on any atom is 0.109 e. The Balaban J connectivity index is 1.64. The van der Waals surface area contributed by atoms with Gasteiger partial charge in [0.1, 0.15) is 5.52 Å². The molecule has 3 rings (SSSR count). The number of aryl methyl sites for hydroxylation is 1. The molecule has 1 aliphatic rings. The molecule has 0 amide bonds. The zero-order valence-corrected chi connectivity index (χ0v) is 13.2. The Labute approximate surface area is 134 Å². The lowest BCUT2D eigenvalue weighted by atomic mass is 9.97. The first kappa shape index (κ1) is 15.1. The Kier molecular flexibility index (Phi) is 4.69. The van der Waals surface area contributed by atoms with Crippen LogP contribution in [0.3, 0.4) is 0 Å². The lowest BCUT2D eigenvalue weighted by Crippen LogP contribution is -2.44. The number of benzene rings is 1. The number of hydrogen-bond donors (Lipinski definition) is 2. The summed E-state index contributed by atoms with van der Waals surface area (Å²) in [7, 11) is 0. The first-order valence-electron chi connectivity index (χ1n) is 7.37. The van der Waals surface area contributed by atoms with E-state index in [0.717, 1.165) is 49.8 Å². The minimum atomic E-state index is -0.216. The van der Waals surface area contributed by atoms with E-state index in [9.17, 15) is 5.11 Å². The Hall–Kier alpha value is -0.810. The summed E-state index contributed by atoms with van der Waals surface area (Å²) in [5, 5.41) is 14.4. The van der Waals surface area contributed by atoms with Gasteiger partial charge in [-0.2, -0.15) is 0 Å². The highest BCUT2D eigenvalue weighted by Crippen LogP contribution is 2.29. The van der Waals surface area contributed by atoms with Gasteiger partial charge in [0, 0.05) is 12.6 Å². The SMILES string of the molecule is OC1CCCNC1CCCn1cnc2c(Cl)c(Cl)ccc21. The molecule has 2 heterocycles. The summed E-state index contributed by atoms with van der Waals surface area (Å²) in [4.78, 5) is 4.34. The first-order chi connectivity index (χ1) is 10.2. The van der Waals surface area contributed by atoms with Crippen molar-refractivity contribution < 1.29 is 5.11 Å². The van der Waals surface area contributed by atoms with Crippen molar-refractivity contribution in [3.63, 3.8) is 0 Å². The van der Waals surface area contributed by atoms with Crippen molar-refractivity contribution in [2.75, 3.05) is 6.54 Å². The summed E-state index contributed by atoms with van der Waals surface area (Å²) in [6.45, 7) is 1.86. The van der Waals surface area contributed by atoms with E-state index >= 15 is 0 Å². The molecule has 114 valence electrons. The third-order valence-corrected chi connectivity index (χ3v) is 4.94. The molecular weight excluding hydrogens is 309 g/mol. The average Bonchev–Trinajstić information content (AvgIpc) is 2.89. The lowest BCUT2D eigenvalue weighted by molar-refractivity contribution is 0.0909. The number of imidazole rings is 1. The molecule has 6 heteroatoms. The average molecular weight is 328 g/mol. The van der Waals surface area contributed by atoms with Crippen LogP contribution in [0.1, 0.15) is 25.7 Å². The number of halogens is 2. The number of hydrogen-bond acceptors (Lipinski definition) is 3. The Bertz CT molecular complexity index is 629. The van der Waals surface area contributed by atoms with Crippen LogP contribution in [-0.4, -0.2) is 33.3 Å². The Morgan fingerprint density at radius 1 is 1.38 bits per heavy atom. The maximum absolute atomic E-state index is 9.95. The molecule has 2 atom stereocenters. The molecule has 2 unspecified atom stereocenters. The summed E-state index contributed by atoms with van der Waals surface area (Å²) in [5.41, 5.74) is 1.75. The first-order valence-corrected chi connectivity index (χ1v) is 8.12. The molecular formula is C15H19Cl2N3O. The van der Waals surface area contributed by atoms with Crippen LogP contribution >= 0.6 is 23.2 Å². The summed E-state index contributed by atoms with van der Waals surface area (Å²) >= 11 is 12.2. The van der Waals surface area contributed by atoms with Crippen molar-refractivity contribution in [3.8, 4) is 0 Å². The minimum Gasteiger partial charge on any atom is -0.392 e. The van der Waals surface area contributed by atoms with Crippen molar-refractivity contribution in [3.05, 3.63) is 28.5 Å². The molecule has 1 saturated heterocycles. The summed E-state index contributed by atoms with van der Waals surface area (Å²) in [6.07, 6.45) is 5.50. The fraction of sp³-hybridized carbons (Fsp3) is 0.533. The van der Waals surface area contributed by atoms with Crippen LogP contribution in [0.5, 0.6) is 0 Å². The van der Waals surface area contributed by atoms with Crippen LogP contribution in [0.2, 0.25) is 10.0 Å². The highest BCUT2D eigenvalue weighted by Gasteiger charge is 2.21. The van der Waals surface area contributed by atoms with Gasteiger partial charge in [-0.1, -0.05) is 23.2 Å². The van der Waals surface area contributed by atoms with E-state index in [2.05, 4.69) is 14.9 Å². The molecule has 2 aromatic rings. The zero-order chi connectivity index (χ0) is 14.8. The predicted molar refractivity (Wildman–Crippen MR) is 86.0 cm³/mol. The number of aromatic nitrogens is 2. The van der Waals surface area contributed by atoms with Crippen molar-refractivity contribution in [2.45, 2.75) is 44.4 Å². The van der Waals surface area contributed by atoms with Gasteiger partial charge in [-0.3, -0.25) is 0 Å². The molecule has 1 fully saturated rings. The van der Waals surface area contributed by atoms with Crippen LogP contribution in [0.4, 0.5) is 0 Å².